The molecule has 2 bridgehead atoms. The summed E-state index contributed by atoms with van der Waals surface area (Å²) in [5.41, 5.74) is 0. The van der Waals surface area contributed by atoms with Crippen LogP contribution in [0.25, 0.3) is 0 Å². The highest BCUT2D eigenvalue weighted by Crippen LogP contribution is 2.36. The van der Waals surface area contributed by atoms with Crippen molar-refractivity contribution in [3.8, 4) is 0 Å². The second-order valence-electron chi connectivity index (χ2n) is 3.46. The first-order chi connectivity index (χ1) is 4.77. The van der Waals surface area contributed by atoms with Gasteiger partial charge in [0.1, 0.15) is 5.78 Å². The first-order valence-electron chi connectivity index (χ1n) is 3.98. The molecule has 10 heavy (non-hydrogen) atoms. The fraction of sp³-hybridized carbons (Fsp3) is 0.625. The van der Waals surface area contributed by atoms with Crippen LogP contribution in [0.2, 0.25) is 0 Å². The molecule has 0 N–H and O–H groups in total. The Balaban J connectivity index is 2.34. The van der Waals surface area contributed by atoms with Gasteiger partial charge in [-0.05, 0) is 18.8 Å². The molecule has 0 aromatic heterocycles. The van der Waals surface area contributed by atoms with Gasteiger partial charge in [0.15, 0.2) is 0 Å². The van der Waals surface area contributed by atoms with Gasteiger partial charge in [0, 0.05) is 12.3 Å². The lowest BCUT2D eigenvalue weighted by molar-refractivity contribution is -0.124. The van der Waals surface area contributed by atoms with Gasteiger partial charge >= 0.3 is 0 Å². The molecule has 3 rings (SSSR count). The molecule has 0 heterocycles. The molecule has 0 radical (unpaired) electrons. The van der Waals surface area contributed by atoms with E-state index in [2.05, 4.69) is 6.08 Å². The fourth-order valence-corrected chi connectivity index (χ4v) is 2.95. The molecule has 0 aromatic carbocycles. The maximum absolute atomic E-state index is 11.2. The standard InChI is InChI=1S/C8H9O.Al.2H/c9-8-5-6-1-3-7(8)4-2-6;;;/h4,6-7H,1,3,5H2;;;. The number of hydrogen-bond donors (Lipinski definition) is 0. The monoisotopic (exact) mass is 150 g/mol. The summed E-state index contributed by atoms with van der Waals surface area (Å²) in [4.78, 5) is 11.2. The van der Waals surface area contributed by atoms with Gasteiger partial charge in [-0.1, -0.05) is 6.08 Å². The number of allylic oxidation sites excluding steroid dienone is 2. The second kappa shape index (κ2) is 2.22. The molecule has 1 fully saturated rings. The van der Waals surface area contributed by atoms with Crippen LogP contribution in [0, 0.1) is 11.8 Å². The van der Waals surface area contributed by atoms with Crippen molar-refractivity contribution in [1.29, 1.82) is 0 Å². The van der Waals surface area contributed by atoms with Crippen LogP contribution in [0.3, 0.4) is 0 Å². The van der Waals surface area contributed by atoms with Gasteiger partial charge in [-0.3, -0.25) is 4.79 Å². The summed E-state index contributed by atoms with van der Waals surface area (Å²) in [7, 11) is 0. The van der Waals surface area contributed by atoms with Crippen molar-refractivity contribution >= 4 is 22.1 Å². The summed E-state index contributed by atoms with van der Waals surface area (Å²) >= 11 is 1.17. The molecule has 2 unspecified atom stereocenters. The molecule has 3 aliphatic rings. The van der Waals surface area contributed by atoms with Crippen LogP contribution >= 0.6 is 0 Å². The predicted molar refractivity (Wildman–Crippen MR) is 42.5 cm³/mol. The van der Waals surface area contributed by atoms with E-state index in [1.807, 2.05) is 0 Å². The van der Waals surface area contributed by atoms with E-state index in [1.54, 1.807) is 4.44 Å². The van der Waals surface area contributed by atoms with Crippen LogP contribution in [-0.2, 0) is 4.79 Å². The summed E-state index contributed by atoms with van der Waals surface area (Å²) in [6.07, 6.45) is 5.51. The third-order valence-corrected chi connectivity index (χ3v) is 3.95. The lowest BCUT2D eigenvalue weighted by atomic mass is 9.75. The topological polar surface area (TPSA) is 17.1 Å². The van der Waals surface area contributed by atoms with Crippen molar-refractivity contribution in [2.24, 2.45) is 11.8 Å². The molecule has 1 nitrogen and oxygen atoms in total. The van der Waals surface area contributed by atoms with E-state index in [9.17, 15) is 4.79 Å². The molecular weight excluding hydrogens is 139 g/mol. The molecule has 2 heteroatoms. The minimum atomic E-state index is 0.331. The Morgan fingerprint density at radius 1 is 1.50 bits per heavy atom. The first-order valence-corrected chi connectivity index (χ1v) is 4.98. The van der Waals surface area contributed by atoms with E-state index in [1.165, 1.54) is 22.7 Å². The van der Waals surface area contributed by atoms with Gasteiger partial charge in [0.05, 0.1) is 0 Å². The summed E-state index contributed by atoms with van der Waals surface area (Å²) in [5.74, 6) is 1.50. The number of carbonyl (C=O) groups excluding carboxylic acids is 1. The molecule has 0 aliphatic heterocycles. The van der Waals surface area contributed by atoms with Crippen molar-refractivity contribution in [2.75, 3.05) is 0 Å². The van der Waals surface area contributed by atoms with Gasteiger partial charge in [0.2, 0.25) is 0 Å². The van der Waals surface area contributed by atoms with Gasteiger partial charge in [-0.15, -0.1) is 4.44 Å². The molecule has 0 amide bonds. The average molecular weight is 150 g/mol. The maximum Gasteiger partial charge on any atom is 0.252 e. The highest BCUT2D eigenvalue weighted by molar-refractivity contribution is 6.22. The van der Waals surface area contributed by atoms with Gasteiger partial charge in [0.25, 0.3) is 16.3 Å². The molecule has 3 aliphatic carbocycles. The Morgan fingerprint density at radius 2 is 2.30 bits per heavy atom. The van der Waals surface area contributed by atoms with Crippen LogP contribution in [0.5, 0.6) is 0 Å². The zero-order valence-corrected chi connectivity index (χ0v) is 8.26. The minimum Gasteiger partial charge on any atom is -0.299 e. The predicted octanol–water partition coefficient (Wildman–Crippen LogP) is 0.502. The highest BCUT2D eigenvalue weighted by atomic mass is 27.0. The Bertz CT molecular complexity index is 207. The maximum atomic E-state index is 11.2. The van der Waals surface area contributed by atoms with Crippen LogP contribution < -0.4 is 0 Å². The zero-order chi connectivity index (χ0) is 7.14. The van der Waals surface area contributed by atoms with Crippen molar-refractivity contribution in [3.63, 3.8) is 0 Å². The van der Waals surface area contributed by atoms with E-state index in [-0.39, 0.29) is 0 Å². The van der Waals surface area contributed by atoms with Crippen LogP contribution in [0.1, 0.15) is 19.3 Å². The molecule has 2 atom stereocenters. The SMILES string of the molecule is O=C1CC2CCC1C=[C]2[AlH2]. The van der Waals surface area contributed by atoms with Gasteiger partial charge in [-0.25, -0.2) is 0 Å². The number of carbonyl (C=O) groups is 1. The number of ketones is 1. The Morgan fingerprint density at radius 3 is 2.60 bits per heavy atom. The summed E-state index contributed by atoms with van der Waals surface area (Å²) in [6, 6.07) is 0. The minimum absolute atomic E-state index is 0.331. The van der Waals surface area contributed by atoms with Crippen molar-refractivity contribution < 1.29 is 4.79 Å². The number of hydrogen-bond acceptors (Lipinski definition) is 1. The molecular formula is C8H11AlO. The van der Waals surface area contributed by atoms with Crippen molar-refractivity contribution in [2.45, 2.75) is 19.3 Å². The van der Waals surface area contributed by atoms with E-state index in [0.29, 0.717) is 17.6 Å². The third kappa shape index (κ3) is 0.873. The largest absolute Gasteiger partial charge is 0.299 e. The lowest BCUT2D eigenvalue weighted by Crippen LogP contribution is -2.30. The van der Waals surface area contributed by atoms with E-state index < -0.39 is 0 Å². The summed E-state index contributed by atoms with van der Waals surface area (Å²) in [6.45, 7) is 0. The number of fused-ring (bicyclic) bond motifs is 2. The molecule has 0 saturated heterocycles. The average Bonchev–Trinajstić information content (AvgIpc) is 1.91. The quantitative estimate of drug-likeness (QED) is 0.460. The first kappa shape index (κ1) is 6.64. The Labute approximate surface area is 68.9 Å². The number of Topliss-reactive ketones (excluding diaryl/α,β-unsaturated/α-hetero) is 1. The Hall–Kier alpha value is -0.0575. The number of rotatable bonds is 0. The van der Waals surface area contributed by atoms with E-state index in [0.717, 1.165) is 12.8 Å². The normalized spacial score (nSPS) is 38.0. The van der Waals surface area contributed by atoms with Crippen molar-refractivity contribution in [3.05, 3.63) is 10.5 Å². The summed E-state index contributed by atoms with van der Waals surface area (Å²) in [5, 5.41) is 0. The van der Waals surface area contributed by atoms with E-state index in [4.69, 9.17) is 0 Å². The molecule has 0 spiro atoms. The van der Waals surface area contributed by atoms with Crippen LogP contribution in [-0.4, -0.2) is 22.1 Å². The molecule has 1 saturated carbocycles. The van der Waals surface area contributed by atoms with Crippen LogP contribution in [0.15, 0.2) is 10.5 Å². The van der Waals surface area contributed by atoms with Gasteiger partial charge < -0.3 is 0 Å². The Kier molecular flexibility index (Phi) is 1.47. The van der Waals surface area contributed by atoms with Crippen LogP contribution in [0.4, 0.5) is 0 Å². The van der Waals surface area contributed by atoms with E-state index >= 15 is 0 Å². The zero-order valence-electron chi connectivity index (χ0n) is 6.26. The second-order valence-corrected chi connectivity index (χ2v) is 4.62. The third-order valence-electron chi connectivity index (χ3n) is 2.80. The molecule has 0 aromatic rings. The lowest BCUT2D eigenvalue weighted by Gasteiger charge is -2.33. The summed E-state index contributed by atoms with van der Waals surface area (Å²) < 4.78 is 1.59. The highest BCUT2D eigenvalue weighted by Gasteiger charge is 2.32. The fourth-order valence-electron chi connectivity index (χ4n) is 2.06. The molecule has 52 valence electrons. The van der Waals surface area contributed by atoms with Gasteiger partial charge in [-0.2, -0.15) is 0 Å². The smallest absolute Gasteiger partial charge is 0.252 e. The van der Waals surface area contributed by atoms with Crippen molar-refractivity contribution in [1.82, 2.24) is 0 Å².